The van der Waals surface area contributed by atoms with E-state index in [-0.39, 0.29) is 12.5 Å². The van der Waals surface area contributed by atoms with Crippen molar-refractivity contribution in [2.75, 3.05) is 6.54 Å². The molecule has 0 radical (unpaired) electrons. The number of hydrogen-bond acceptors (Lipinski definition) is 2. The van der Waals surface area contributed by atoms with Gasteiger partial charge in [-0.1, -0.05) is 23.8 Å². The van der Waals surface area contributed by atoms with Crippen molar-refractivity contribution in [1.82, 2.24) is 10.6 Å². The average Bonchev–Trinajstić information content (AvgIpc) is 2.64. The Bertz CT molecular complexity index is 344. The Morgan fingerprint density at radius 3 is 2.47 bits per heavy atom. The van der Waals surface area contributed by atoms with Gasteiger partial charge in [-0.25, -0.2) is 4.79 Å². The lowest BCUT2D eigenvalue weighted by atomic mass is 9.86. The maximum absolute atomic E-state index is 10.1. The molecule has 2 rings (SSSR count). The highest BCUT2D eigenvalue weighted by atomic mass is 16.2. The van der Waals surface area contributed by atoms with Crippen LogP contribution in [0.3, 0.4) is 0 Å². The summed E-state index contributed by atoms with van der Waals surface area (Å²) in [4.78, 5) is 20.1. The van der Waals surface area contributed by atoms with Gasteiger partial charge in [-0.15, -0.1) is 0 Å². The predicted octanol–water partition coefficient (Wildman–Crippen LogP) is 2.13. The Balaban J connectivity index is 0.000000181. The van der Waals surface area contributed by atoms with Crippen LogP contribution in [0.15, 0.2) is 23.8 Å². The quantitative estimate of drug-likeness (QED) is 0.541. The Morgan fingerprint density at radius 2 is 2.18 bits per heavy atom. The second kappa shape index (κ2) is 6.23. The van der Waals surface area contributed by atoms with Crippen molar-refractivity contribution >= 4 is 11.9 Å². The van der Waals surface area contributed by atoms with Crippen LogP contribution in [0.5, 0.6) is 0 Å². The Labute approximate surface area is 102 Å². The summed E-state index contributed by atoms with van der Waals surface area (Å²) in [5.41, 5.74) is 2.90. The molecule has 0 aromatic heterocycles. The fourth-order valence-corrected chi connectivity index (χ4v) is 1.79. The van der Waals surface area contributed by atoms with Crippen molar-refractivity contribution < 1.29 is 9.59 Å². The largest absolute Gasteiger partial charge is 0.329 e. The number of carbonyl (C=O) groups is 2. The Hall–Kier alpha value is -1.58. The van der Waals surface area contributed by atoms with E-state index >= 15 is 0 Å². The van der Waals surface area contributed by atoms with Crippen LogP contribution in [0.1, 0.15) is 33.1 Å². The number of allylic oxidation sites excluding steroid dienone is 3. The van der Waals surface area contributed by atoms with Crippen molar-refractivity contribution in [3.63, 3.8) is 0 Å². The molecule has 0 spiro atoms. The zero-order chi connectivity index (χ0) is 12.8. The molecule has 4 heteroatoms. The third-order valence-electron chi connectivity index (χ3n) is 3.00. The number of amides is 3. The number of urea groups is 1. The summed E-state index contributed by atoms with van der Waals surface area (Å²) < 4.78 is 0. The maximum atomic E-state index is 10.1. The molecule has 94 valence electrons. The summed E-state index contributed by atoms with van der Waals surface area (Å²) in [7, 11) is 0. The molecule has 1 aliphatic carbocycles. The number of hydrogen-bond donors (Lipinski definition) is 2. The molecular weight excluding hydrogens is 216 g/mol. The second-order valence-electron chi connectivity index (χ2n) is 4.60. The molecule has 0 aromatic carbocycles. The first-order valence-electron chi connectivity index (χ1n) is 5.87. The molecule has 17 heavy (non-hydrogen) atoms. The minimum atomic E-state index is -0.398. The van der Waals surface area contributed by atoms with Crippen LogP contribution in [-0.2, 0) is 4.79 Å². The van der Waals surface area contributed by atoms with Crippen molar-refractivity contribution in [3.05, 3.63) is 23.8 Å². The van der Waals surface area contributed by atoms with Gasteiger partial charge in [-0.2, -0.15) is 0 Å². The molecule has 1 fully saturated rings. The predicted molar refractivity (Wildman–Crippen MR) is 67.5 cm³/mol. The van der Waals surface area contributed by atoms with Gasteiger partial charge in [0.15, 0.2) is 0 Å². The fourth-order valence-electron chi connectivity index (χ4n) is 1.79. The zero-order valence-electron chi connectivity index (χ0n) is 10.5. The van der Waals surface area contributed by atoms with Crippen LogP contribution in [-0.4, -0.2) is 18.5 Å². The first-order valence-corrected chi connectivity index (χ1v) is 5.87. The number of imide groups is 1. The number of carbonyl (C=O) groups excluding carboxylic acids is 2. The SMILES string of the molecule is C=C(C)C1CC=C(C)CC1.O=C1CNC(=O)N1. The summed E-state index contributed by atoms with van der Waals surface area (Å²) in [5, 5.41) is 4.30. The summed E-state index contributed by atoms with van der Waals surface area (Å²) in [6.07, 6.45) is 6.17. The van der Waals surface area contributed by atoms with Crippen LogP contribution >= 0.6 is 0 Å². The van der Waals surface area contributed by atoms with Crippen molar-refractivity contribution in [3.8, 4) is 0 Å². The number of nitrogens with one attached hydrogen (secondary N) is 2. The topological polar surface area (TPSA) is 58.2 Å². The molecule has 4 nitrogen and oxygen atoms in total. The molecule has 1 saturated heterocycles. The Kier molecular flexibility index (Phi) is 4.94. The highest BCUT2D eigenvalue weighted by Gasteiger charge is 2.14. The van der Waals surface area contributed by atoms with E-state index in [0.717, 1.165) is 5.92 Å². The Morgan fingerprint density at radius 1 is 1.47 bits per heavy atom. The highest BCUT2D eigenvalue weighted by Crippen LogP contribution is 2.27. The van der Waals surface area contributed by atoms with Crippen LogP contribution < -0.4 is 10.6 Å². The van der Waals surface area contributed by atoms with Gasteiger partial charge in [0.25, 0.3) is 0 Å². The van der Waals surface area contributed by atoms with Gasteiger partial charge in [0, 0.05) is 0 Å². The molecule has 0 aromatic rings. The normalized spacial score (nSPS) is 22.9. The highest BCUT2D eigenvalue weighted by molar-refractivity contribution is 6.01. The molecule has 1 heterocycles. The third-order valence-corrected chi connectivity index (χ3v) is 3.00. The molecule has 1 atom stereocenters. The molecule has 1 unspecified atom stereocenters. The average molecular weight is 236 g/mol. The maximum Gasteiger partial charge on any atom is 0.321 e. The summed E-state index contributed by atoms with van der Waals surface area (Å²) >= 11 is 0. The van der Waals surface area contributed by atoms with Crippen molar-refractivity contribution in [1.29, 1.82) is 0 Å². The first kappa shape index (κ1) is 13.5. The lowest BCUT2D eigenvalue weighted by molar-refractivity contribution is -0.117. The molecule has 2 aliphatic rings. The van der Waals surface area contributed by atoms with Gasteiger partial charge in [-0.3, -0.25) is 10.1 Å². The monoisotopic (exact) mass is 236 g/mol. The zero-order valence-corrected chi connectivity index (χ0v) is 10.5. The van der Waals surface area contributed by atoms with E-state index in [9.17, 15) is 9.59 Å². The summed E-state index contributed by atoms with van der Waals surface area (Å²) in [6, 6.07) is -0.398. The van der Waals surface area contributed by atoms with Gasteiger partial charge in [0.05, 0.1) is 6.54 Å². The van der Waals surface area contributed by atoms with E-state index in [2.05, 4.69) is 31.8 Å². The number of rotatable bonds is 1. The first-order chi connectivity index (χ1) is 7.99. The third kappa shape index (κ3) is 4.85. The van der Waals surface area contributed by atoms with E-state index in [4.69, 9.17) is 0 Å². The van der Waals surface area contributed by atoms with E-state index in [0.29, 0.717) is 0 Å². The van der Waals surface area contributed by atoms with E-state index in [1.54, 1.807) is 5.57 Å². The van der Waals surface area contributed by atoms with Crippen molar-refractivity contribution in [2.45, 2.75) is 33.1 Å². The van der Waals surface area contributed by atoms with Gasteiger partial charge in [0.2, 0.25) is 5.91 Å². The summed E-state index contributed by atoms with van der Waals surface area (Å²) in [6.45, 7) is 8.45. The summed E-state index contributed by atoms with van der Waals surface area (Å²) in [5.74, 6) is 0.508. The van der Waals surface area contributed by atoms with Gasteiger partial charge >= 0.3 is 6.03 Å². The molecular formula is C13H20N2O2. The molecule has 3 amide bonds. The van der Waals surface area contributed by atoms with Crippen LogP contribution in [0.25, 0.3) is 0 Å². The van der Waals surface area contributed by atoms with E-state index in [1.165, 1.54) is 24.8 Å². The van der Waals surface area contributed by atoms with Crippen molar-refractivity contribution in [2.24, 2.45) is 5.92 Å². The minimum absolute atomic E-state index is 0.124. The van der Waals surface area contributed by atoms with Gasteiger partial charge in [-0.05, 0) is 39.0 Å². The smallest absolute Gasteiger partial charge is 0.321 e. The minimum Gasteiger partial charge on any atom is -0.329 e. The van der Waals surface area contributed by atoms with Crippen LogP contribution in [0.4, 0.5) is 4.79 Å². The van der Waals surface area contributed by atoms with Gasteiger partial charge in [0.1, 0.15) is 0 Å². The van der Waals surface area contributed by atoms with Gasteiger partial charge < -0.3 is 5.32 Å². The van der Waals surface area contributed by atoms with E-state index < -0.39 is 6.03 Å². The fraction of sp³-hybridized carbons (Fsp3) is 0.538. The standard InChI is InChI=1S/C10H16.C3H4N2O2/c1-8(2)10-6-4-9(3)5-7-10;6-2-1-4-3(7)5-2/h4,10H,1,5-7H2,2-3H3;1H2,(H2,4,5,6,7). The lowest BCUT2D eigenvalue weighted by Gasteiger charge is -2.19. The second-order valence-corrected chi connectivity index (χ2v) is 4.60. The molecule has 0 bridgehead atoms. The van der Waals surface area contributed by atoms with Crippen LogP contribution in [0, 0.1) is 5.92 Å². The van der Waals surface area contributed by atoms with Crippen LogP contribution in [0.2, 0.25) is 0 Å². The molecule has 0 saturated carbocycles. The van der Waals surface area contributed by atoms with E-state index in [1.807, 2.05) is 5.32 Å². The molecule has 1 aliphatic heterocycles. The molecule has 2 N–H and O–H groups in total. The lowest BCUT2D eigenvalue weighted by Crippen LogP contribution is -2.22.